The maximum absolute atomic E-state index is 13.2. The zero-order valence-electron chi connectivity index (χ0n) is 18.3. The molecule has 0 bridgehead atoms. The van der Waals surface area contributed by atoms with E-state index in [0.29, 0.717) is 12.0 Å². The monoisotopic (exact) mass is 463 g/mol. The molecule has 8 nitrogen and oxygen atoms in total. The summed E-state index contributed by atoms with van der Waals surface area (Å²) in [7, 11) is 0. The van der Waals surface area contributed by atoms with Crippen molar-refractivity contribution in [1.82, 2.24) is 25.6 Å². The van der Waals surface area contributed by atoms with Crippen LogP contribution >= 0.6 is 11.3 Å². The SMILES string of the molecule is CC[C@]1(c2ccccc2)NC(=O)N(NC(=O)CN2CCC[C@H]2c2nc3ccccc3s2)C1=O. The fourth-order valence-electron chi connectivity index (χ4n) is 4.71. The number of hydrazine groups is 1. The third kappa shape index (κ3) is 3.77. The number of hydrogen-bond acceptors (Lipinski definition) is 6. The number of thiazole rings is 1. The summed E-state index contributed by atoms with van der Waals surface area (Å²) in [6.45, 7) is 2.68. The van der Waals surface area contributed by atoms with Gasteiger partial charge in [-0.15, -0.1) is 11.3 Å². The Labute approximate surface area is 195 Å². The lowest BCUT2D eigenvalue weighted by Gasteiger charge is -2.26. The average Bonchev–Trinajstić information content (AvgIpc) is 3.52. The van der Waals surface area contributed by atoms with E-state index in [1.54, 1.807) is 23.5 Å². The molecule has 2 atom stereocenters. The Morgan fingerprint density at radius 1 is 1.18 bits per heavy atom. The van der Waals surface area contributed by atoms with Crippen molar-refractivity contribution >= 4 is 39.4 Å². The van der Waals surface area contributed by atoms with Crippen molar-refractivity contribution in [3.8, 4) is 0 Å². The highest BCUT2D eigenvalue weighted by Crippen LogP contribution is 2.36. The predicted octanol–water partition coefficient (Wildman–Crippen LogP) is 3.32. The molecule has 2 N–H and O–H groups in total. The topological polar surface area (TPSA) is 94.6 Å². The predicted molar refractivity (Wildman–Crippen MR) is 125 cm³/mol. The van der Waals surface area contributed by atoms with Crippen LogP contribution in [0.5, 0.6) is 0 Å². The first kappa shape index (κ1) is 21.5. The number of rotatable bonds is 6. The van der Waals surface area contributed by atoms with Crippen LogP contribution in [0.1, 0.15) is 42.8 Å². The van der Waals surface area contributed by atoms with E-state index in [-0.39, 0.29) is 12.6 Å². The van der Waals surface area contributed by atoms with E-state index >= 15 is 0 Å². The Morgan fingerprint density at radius 2 is 1.94 bits per heavy atom. The quantitative estimate of drug-likeness (QED) is 0.547. The van der Waals surface area contributed by atoms with Crippen molar-refractivity contribution in [3.63, 3.8) is 0 Å². The lowest BCUT2D eigenvalue weighted by molar-refractivity contribution is -0.140. The van der Waals surface area contributed by atoms with Crippen LogP contribution in [0.3, 0.4) is 0 Å². The number of amides is 4. The molecule has 33 heavy (non-hydrogen) atoms. The third-order valence-electron chi connectivity index (χ3n) is 6.43. The van der Waals surface area contributed by atoms with Crippen LogP contribution in [0.4, 0.5) is 4.79 Å². The minimum atomic E-state index is -1.18. The van der Waals surface area contributed by atoms with Gasteiger partial charge in [0, 0.05) is 0 Å². The number of benzene rings is 2. The van der Waals surface area contributed by atoms with E-state index in [2.05, 4.69) is 15.6 Å². The first-order valence-electron chi connectivity index (χ1n) is 11.1. The second-order valence-electron chi connectivity index (χ2n) is 8.38. The number of hydrogen-bond donors (Lipinski definition) is 2. The fraction of sp³-hybridized carbons (Fsp3) is 0.333. The number of fused-ring (bicyclic) bond motifs is 1. The molecular weight excluding hydrogens is 438 g/mol. The molecule has 0 unspecified atom stereocenters. The first-order valence-corrected chi connectivity index (χ1v) is 11.9. The maximum atomic E-state index is 13.2. The second-order valence-corrected chi connectivity index (χ2v) is 9.44. The summed E-state index contributed by atoms with van der Waals surface area (Å²) < 4.78 is 1.12. The summed E-state index contributed by atoms with van der Waals surface area (Å²) in [5, 5.41) is 4.59. The van der Waals surface area contributed by atoms with Crippen LogP contribution in [-0.2, 0) is 15.1 Å². The highest BCUT2D eigenvalue weighted by Gasteiger charge is 2.52. The van der Waals surface area contributed by atoms with E-state index in [0.717, 1.165) is 39.6 Å². The molecule has 3 heterocycles. The normalized spacial score (nSPS) is 23.3. The van der Waals surface area contributed by atoms with E-state index in [4.69, 9.17) is 4.98 Å². The van der Waals surface area contributed by atoms with Crippen molar-refractivity contribution in [3.05, 3.63) is 65.2 Å². The Balaban J connectivity index is 1.29. The van der Waals surface area contributed by atoms with Gasteiger partial charge in [0.15, 0.2) is 0 Å². The first-order chi connectivity index (χ1) is 16.0. The van der Waals surface area contributed by atoms with Gasteiger partial charge in [0.25, 0.3) is 11.8 Å². The molecular formula is C24H25N5O3S. The van der Waals surface area contributed by atoms with E-state index in [9.17, 15) is 14.4 Å². The van der Waals surface area contributed by atoms with Crippen LogP contribution in [-0.4, -0.2) is 45.8 Å². The number of likely N-dealkylation sites (tertiary alicyclic amines) is 1. The molecule has 2 saturated heterocycles. The van der Waals surface area contributed by atoms with E-state index in [1.165, 1.54) is 0 Å². The van der Waals surface area contributed by atoms with E-state index < -0.39 is 23.4 Å². The Kier molecular flexibility index (Phi) is 5.59. The summed E-state index contributed by atoms with van der Waals surface area (Å²) in [5.74, 6) is -0.870. The molecule has 9 heteroatoms. The molecule has 0 aliphatic carbocycles. The Bertz CT molecular complexity index is 1180. The number of nitrogens with zero attached hydrogens (tertiary/aromatic N) is 3. The minimum absolute atomic E-state index is 0.0512. The number of carbonyl (C=O) groups is 3. The zero-order chi connectivity index (χ0) is 23.0. The van der Waals surface area contributed by atoms with Crippen molar-refractivity contribution in [2.45, 2.75) is 37.8 Å². The number of carbonyl (C=O) groups excluding carboxylic acids is 3. The zero-order valence-corrected chi connectivity index (χ0v) is 19.1. The van der Waals surface area contributed by atoms with Gasteiger partial charge in [-0.1, -0.05) is 49.4 Å². The molecule has 170 valence electrons. The van der Waals surface area contributed by atoms with Gasteiger partial charge in [0.05, 0.1) is 22.8 Å². The van der Waals surface area contributed by atoms with Gasteiger partial charge in [-0.05, 0) is 43.5 Å². The summed E-state index contributed by atoms with van der Waals surface area (Å²) in [5.41, 5.74) is 3.01. The van der Waals surface area contributed by atoms with Crippen molar-refractivity contribution in [2.24, 2.45) is 0 Å². The number of para-hydroxylation sites is 1. The van der Waals surface area contributed by atoms with Crippen LogP contribution in [0.2, 0.25) is 0 Å². The Morgan fingerprint density at radius 3 is 2.70 bits per heavy atom. The van der Waals surface area contributed by atoms with Crippen LogP contribution in [0, 0.1) is 0 Å². The largest absolute Gasteiger partial charge is 0.344 e. The molecule has 2 aliphatic rings. The lowest BCUT2D eigenvalue weighted by atomic mass is 9.87. The van der Waals surface area contributed by atoms with Crippen LogP contribution in [0.15, 0.2) is 54.6 Å². The van der Waals surface area contributed by atoms with Gasteiger partial charge in [-0.2, -0.15) is 5.01 Å². The van der Waals surface area contributed by atoms with E-state index in [1.807, 2.05) is 49.4 Å². The van der Waals surface area contributed by atoms with Gasteiger partial charge < -0.3 is 5.32 Å². The summed E-state index contributed by atoms with van der Waals surface area (Å²) in [6.07, 6.45) is 2.26. The molecule has 5 rings (SSSR count). The maximum Gasteiger partial charge on any atom is 0.344 e. The second kappa shape index (κ2) is 8.57. The standard InChI is InChI=1S/C24H25N5O3S/c1-2-24(16-9-4-3-5-10-16)22(31)29(23(32)26-24)27-20(30)15-28-14-8-12-18(28)21-25-17-11-6-7-13-19(17)33-21/h3-7,9-11,13,18H,2,8,12,14-15H2,1H3,(H,26,32)(H,27,30)/t18-,24+/m0/s1. The summed E-state index contributed by atoms with van der Waals surface area (Å²) in [4.78, 5) is 45.6. The number of nitrogens with one attached hydrogen (secondary N) is 2. The van der Waals surface area contributed by atoms with Gasteiger partial charge >= 0.3 is 6.03 Å². The van der Waals surface area contributed by atoms with Gasteiger partial charge in [0.1, 0.15) is 10.5 Å². The molecule has 3 aromatic rings. The molecule has 0 radical (unpaired) electrons. The van der Waals surface area contributed by atoms with Crippen LogP contribution in [0.25, 0.3) is 10.2 Å². The third-order valence-corrected chi connectivity index (χ3v) is 7.57. The fourth-order valence-corrected chi connectivity index (χ4v) is 5.85. The van der Waals surface area contributed by atoms with Gasteiger partial charge in [-0.3, -0.25) is 19.9 Å². The van der Waals surface area contributed by atoms with Crippen molar-refractivity contribution in [1.29, 1.82) is 0 Å². The molecule has 2 fully saturated rings. The van der Waals surface area contributed by atoms with Gasteiger partial charge in [-0.25, -0.2) is 9.78 Å². The van der Waals surface area contributed by atoms with Gasteiger partial charge in [0.2, 0.25) is 0 Å². The van der Waals surface area contributed by atoms with Crippen LogP contribution < -0.4 is 10.7 Å². The molecule has 0 saturated carbocycles. The molecule has 0 spiro atoms. The summed E-state index contributed by atoms with van der Waals surface area (Å²) >= 11 is 1.65. The Hall–Kier alpha value is -3.30. The highest BCUT2D eigenvalue weighted by molar-refractivity contribution is 7.18. The van der Waals surface area contributed by atoms with Crippen molar-refractivity contribution in [2.75, 3.05) is 13.1 Å². The number of urea groups is 1. The molecule has 2 aromatic carbocycles. The molecule has 4 amide bonds. The summed E-state index contributed by atoms with van der Waals surface area (Å²) in [6, 6.07) is 16.5. The highest BCUT2D eigenvalue weighted by atomic mass is 32.1. The molecule has 2 aliphatic heterocycles. The lowest BCUT2D eigenvalue weighted by Crippen LogP contribution is -2.51. The number of imide groups is 1. The number of aromatic nitrogens is 1. The van der Waals surface area contributed by atoms with Crippen molar-refractivity contribution < 1.29 is 14.4 Å². The molecule has 1 aromatic heterocycles. The minimum Gasteiger partial charge on any atom is -0.318 e. The smallest absolute Gasteiger partial charge is 0.318 e. The average molecular weight is 464 g/mol.